The maximum Gasteiger partial charge on any atom is 0.242 e. The Bertz CT molecular complexity index is 409. The highest BCUT2D eigenvalue weighted by Crippen LogP contribution is 2.21. The molecule has 0 aliphatic carbocycles. The molecule has 0 radical (unpaired) electrons. The number of benzene rings is 1. The summed E-state index contributed by atoms with van der Waals surface area (Å²) in [4.78, 5) is 13.9. The van der Waals surface area contributed by atoms with Gasteiger partial charge in [0.15, 0.2) is 0 Å². The van der Waals surface area contributed by atoms with Crippen molar-refractivity contribution >= 4 is 5.91 Å². The molecule has 0 saturated heterocycles. The standard InChI is InChI=1S/C14H22FN3O/c1-16-9-6-10-17-14(19)13(18(2)3)11-7-4-5-8-12(11)15/h4-5,7-8,13,16H,6,9-10H2,1-3H3,(H,17,19)/t13-/m1/s1. The first-order valence-corrected chi connectivity index (χ1v) is 6.41. The molecule has 0 bridgehead atoms. The minimum atomic E-state index is -0.601. The summed E-state index contributed by atoms with van der Waals surface area (Å²) < 4.78 is 13.8. The predicted octanol–water partition coefficient (Wildman–Crippen LogP) is 1.15. The second kappa shape index (κ2) is 7.86. The zero-order valence-electron chi connectivity index (χ0n) is 11.7. The number of amides is 1. The minimum absolute atomic E-state index is 0.175. The van der Waals surface area contributed by atoms with Crippen LogP contribution in [-0.4, -0.2) is 45.0 Å². The van der Waals surface area contributed by atoms with Gasteiger partial charge in [-0.2, -0.15) is 0 Å². The number of hydrogen-bond donors (Lipinski definition) is 2. The van der Waals surface area contributed by atoms with Gasteiger partial charge in [0.25, 0.3) is 0 Å². The van der Waals surface area contributed by atoms with Crippen LogP contribution in [-0.2, 0) is 4.79 Å². The summed E-state index contributed by atoms with van der Waals surface area (Å²) in [7, 11) is 5.40. The number of rotatable bonds is 7. The molecular formula is C14H22FN3O. The molecule has 2 N–H and O–H groups in total. The molecule has 0 fully saturated rings. The van der Waals surface area contributed by atoms with E-state index in [0.29, 0.717) is 12.1 Å². The number of likely N-dealkylation sites (N-methyl/N-ethyl adjacent to an activating group) is 1. The Balaban J connectivity index is 2.73. The summed E-state index contributed by atoms with van der Waals surface area (Å²) in [5.74, 6) is -0.530. The van der Waals surface area contributed by atoms with E-state index >= 15 is 0 Å². The first kappa shape index (κ1) is 15.6. The molecule has 0 aromatic heterocycles. The number of nitrogens with one attached hydrogen (secondary N) is 2. The second-order valence-corrected chi connectivity index (χ2v) is 4.64. The third kappa shape index (κ3) is 4.61. The van der Waals surface area contributed by atoms with E-state index in [-0.39, 0.29) is 11.7 Å². The molecule has 0 saturated carbocycles. The van der Waals surface area contributed by atoms with Crippen molar-refractivity contribution in [3.63, 3.8) is 0 Å². The number of hydrogen-bond acceptors (Lipinski definition) is 3. The summed E-state index contributed by atoms with van der Waals surface area (Å²) in [6.07, 6.45) is 0.847. The van der Waals surface area contributed by atoms with Gasteiger partial charge in [-0.25, -0.2) is 4.39 Å². The summed E-state index contributed by atoms with van der Waals surface area (Å²) >= 11 is 0. The largest absolute Gasteiger partial charge is 0.354 e. The summed E-state index contributed by atoms with van der Waals surface area (Å²) in [6, 6.07) is 5.78. The average Bonchev–Trinajstić information content (AvgIpc) is 2.37. The molecule has 1 amide bonds. The van der Waals surface area contributed by atoms with Crippen molar-refractivity contribution in [2.75, 3.05) is 34.2 Å². The zero-order chi connectivity index (χ0) is 14.3. The molecule has 19 heavy (non-hydrogen) atoms. The van der Waals surface area contributed by atoms with Gasteiger partial charge in [0.2, 0.25) is 5.91 Å². The van der Waals surface area contributed by atoms with Gasteiger partial charge < -0.3 is 10.6 Å². The third-order valence-electron chi connectivity index (χ3n) is 2.87. The molecule has 1 aromatic rings. The lowest BCUT2D eigenvalue weighted by molar-refractivity contribution is -0.125. The van der Waals surface area contributed by atoms with Gasteiger partial charge in [-0.05, 0) is 40.2 Å². The van der Waals surface area contributed by atoms with Gasteiger partial charge in [0, 0.05) is 12.1 Å². The predicted molar refractivity (Wildman–Crippen MR) is 74.4 cm³/mol. The van der Waals surface area contributed by atoms with E-state index in [1.807, 2.05) is 7.05 Å². The number of carbonyl (C=O) groups excluding carboxylic acids is 1. The molecule has 0 aliphatic heterocycles. The molecule has 106 valence electrons. The lowest BCUT2D eigenvalue weighted by Gasteiger charge is -2.24. The van der Waals surface area contributed by atoms with Crippen LogP contribution in [0.2, 0.25) is 0 Å². The van der Waals surface area contributed by atoms with Crippen molar-refractivity contribution in [3.8, 4) is 0 Å². The molecule has 0 heterocycles. The topological polar surface area (TPSA) is 44.4 Å². The first-order valence-electron chi connectivity index (χ1n) is 6.41. The van der Waals surface area contributed by atoms with Gasteiger partial charge in [0.1, 0.15) is 11.9 Å². The van der Waals surface area contributed by atoms with E-state index in [1.165, 1.54) is 6.07 Å². The number of halogens is 1. The van der Waals surface area contributed by atoms with E-state index in [9.17, 15) is 9.18 Å². The molecule has 1 rings (SSSR count). The van der Waals surface area contributed by atoms with Gasteiger partial charge in [0.05, 0.1) is 0 Å². The van der Waals surface area contributed by atoms with Crippen LogP contribution in [0.15, 0.2) is 24.3 Å². The fourth-order valence-electron chi connectivity index (χ4n) is 1.92. The molecule has 4 nitrogen and oxygen atoms in total. The quantitative estimate of drug-likeness (QED) is 0.729. The monoisotopic (exact) mass is 267 g/mol. The van der Waals surface area contributed by atoms with E-state index in [4.69, 9.17) is 0 Å². The van der Waals surface area contributed by atoms with Crippen LogP contribution in [0, 0.1) is 5.82 Å². The van der Waals surface area contributed by atoms with Crippen LogP contribution in [0.3, 0.4) is 0 Å². The Kier molecular flexibility index (Phi) is 6.45. The SMILES string of the molecule is CNCCCNC(=O)[C@@H](c1ccccc1F)N(C)C. The normalized spacial score (nSPS) is 12.5. The van der Waals surface area contributed by atoms with Gasteiger partial charge in [-0.15, -0.1) is 0 Å². The smallest absolute Gasteiger partial charge is 0.242 e. The van der Waals surface area contributed by atoms with E-state index in [2.05, 4.69) is 10.6 Å². The minimum Gasteiger partial charge on any atom is -0.354 e. The van der Waals surface area contributed by atoms with Crippen molar-refractivity contribution in [2.24, 2.45) is 0 Å². The second-order valence-electron chi connectivity index (χ2n) is 4.64. The molecule has 1 atom stereocenters. The van der Waals surface area contributed by atoms with Crippen LogP contribution in [0.4, 0.5) is 4.39 Å². The van der Waals surface area contributed by atoms with Gasteiger partial charge >= 0.3 is 0 Å². The summed E-state index contributed by atoms with van der Waals surface area (Å²) in [6.45, 7) is 1.42. The highest BCUT2D eigenvalue weighted by molar-refractivity contribution is 5.83. The Hall–Kier alpha value is -1.46. The summed E-state index contributed by atoms with van der Waals surface area (Å²) in [5.41, 5.74) is 0.401. The average molecular weight is 267 g/mol. The van der Waals surface area contributed by atoms with Gasteiger partial charge in [-0.3, -0.25) is 9.69 Å². The summed E-state index contributed by atoms with van der Waals surface area (Å²) in [5, 5.41) is 5.85. The van der Waals surface area contributed by atoms with E-state index in [0.717, 1.165) is 13.0 Å². The van der Waals surface area contributed by atoms with Crippen LogP contribution in [0.5, 0.6) is 0 Å². The van der Waals surface area contributed by atoms with Crippen LogP contribution in [0.25, 0.3) is 0 Å². The lowest BCUT2D eigenvalue weighted by Crippen LogP contribution is -2.38. The lowest BCUT2D eigenvalue weighted by atomic mass is 10.0. The fraction of sp³-hybridized carbons (Fsp3) is 0.500. The van der Waals surface area contributed by atoms with Crippen molar-refractivity contribution in [3.05, 3.63) is 35.6 Å². The molecule has 0 unspecified atom stereocenters. The van der Waals surface area contributed by atoms with Crippen molar-refractivity contribution < 1.29 is 9.18 Å². The molecule has 5 heteroatoms. The Morgan fingerprint density at radius 2 is 2.00 bits per heavy atom. The Morgan fingerprint density at radius 3 is 2.58 bits per heavy atom. The van der Waals surface area contributed by atoms with Gasteiger partial charge in [-0.1, -0.05) is 18.2 Å². The van der Waals surface area contributed by atoms with Crippen molar-refractivity contribution in [1.82, 2.24) is 15.5 Å². The fourth-order valence-corrected chi connectivity index (χ4v) is 1.92. The highest BCUT2D eigenvalue weighted by Gasteiger charge is 2.24. The zero-order valence-corrected chi connectivity index (χ0v) is 11.7. The maximum absolute atomic E-state index is 13.8. The van der Waals surface area contributed by atoms with Crippen molar-refractivity contribution in [2.45, 2.75) is 12.5 Å². The Morgan fingerprint density at radius 1 is 1.32 bits per heavy atom. The third-order valence-corrected chi connectivity index (χ3v) is 2.87. The van der Waals surface area contributed by atoms with Crippen molar-refractivity contribution in [1.29, 1.82) is 0 Å². The van der Waals surface area contributed by atoms with Crippen LogP contribution in [0.1, 0.15) is 18.0 Å². The van der Waals surface area contributed by atoms with Crippen LogP contribution >= 0.6 is 0 Å². The highest BCUT2D eigenvalue weighted by atomic mass is 19.1. The molecule has 1 aromatic carbocycles. The number of carbonyl (C=O) groups is 1. The van der Waals surface area contributed by atoms with Crippen LogP contribution < -0.4 is 10.6 Å². The maximum atomic E-state index is 13.8. The molecule has 0 aliphatic rings. The van der Waals surface area contributed by atoms with E-state index in [1.54, 1.807) is 37.2 Å². The molecule has 0 spiro atoms. The Labute approximate surface area is 114 Å². The molecular weight excluding hydrogens is 245 g/mol. The number of nitrogens with zero attached hydrogens (tertiary/aromatic N) is 1. The first-order chi connectivity index (χ1) is 9.07. The van der Waals surface area contributed by atoms with E-state index < -0.39 is 6.04 Å².